The van der Waals surface area contributed by atoms with Gasteiger partial charge in [-0.15, -0.1) is 0 Å². The molecule has 0 radical (unpaired) electrons. The lowest BCUT2D eigenvalue weighted by atomic mass is 9.86. The average molecular weight is 380 g/mol. The molecule has 3 aliphatic heterocycles. The molecule has 0 saturated carbocycles. The minimum Gasteiger partial charge on any atom is -0.497 e. The van der Waals surface area contributed by atoms with E-state index in [0.29, 0.717) is 19.1 Å². The first-order chi connectivity index (χ1) is 13.6. The number of rotatable bonds is 3. The molecule has 0 bridgehead atoms. The van der Waals surface area contributed by atoms with Gasteiger partial charge >= 0.3 is 6.09 Å². The molecule has 5 rings (SSSR count). The van der Waals surface area contributed by atoms with Crippen molar-refractivity contribution in [2.24, 2.45) is 0 Å². The van der Waals surface area contributed by atoms with E-state index in [1.165, 1.54) is 16.8 Å². The molecule has 1 amide bonds. The highest BCUT2D eigenvalue weighted by molar-refractivity contribution is 5.80. The van der Waals surface area contributed by atoms with E-state index in [0.717, 1.165) is 42.0 Å². The van der Waals surface area contributed by atoms with Gasteiger partial charge in [-0.2, -0.15) is 0 Å². The van der Waals surface area contributed by atoms with E-state index in [1.807, 2.05) is 18.2 Å². The van der Waals surface area contributed by atoms with Crippen molar-refractivity contribution in [3.63, 3.8) is 0 Å². The molecule has 1 N–H and O–H groups in total. The van der Waals surface area contributed by atoms with Crippen molar-refractivity contribution in [1.29, 1.82) is 0 Å². The number of piperidine rings is 1. The first-order valence-corrected chi connectivity index (χ1v) is 9.74. The number of carboxylic acid groups (broad SMARTS) is 1. The predicted octanol–water partition coefficient (Wildman–Crippen LogP) is 3.58. The fraction of sp³-hybridized carbons (Fsp3) is 0.409. The molecule has 146 valence electrons. The maximum atomic E-state index is 11.5. The van der Waals surface area contributed by atoms with Crippen LogP contribution in [-0.4, -0.2) is 56.0 Å². The minimum absolute atomic E-state index is 0.239. The number of amides is 1. The van der Waals surface area contributed by atoms with Gasteiger partial charge in [0.05, 0.1) is 14.2 Å². The molecule has 6 heteroatoms. The van der Waals surface area contributed by atoms with Gasteiger partial charge in [0.1, 0.15) is 11.5 Å². The van der Waals surface area contributed by atoms with Gasteiger partial charge in [-0.3, -0.25) is 0 Å². The molecular formula is C22H24N2O4. The minimum atomic E-state index is -0.816. The Bertz CT molecular complexity index is 958. The van der Waals surface area contributed by atoms with Crippen LogP contribution in [0.2, 0.25) is 0 Å². The number of anilines is 1. The number of carbonyl (C=O) groups is 1. The fourth-order valence-corrected chi connectivity index (χ4v) is 5.21. The average Bonchev–Trinajstić information content (AvgIpc) is 3.29. The molecule has 0 unspecified atom stereocenters. The van der Waals surface area contributed by atoms with E-state index in [2.05, 4.69) is 17.0 Å². The lowest BCUT2D eigenvalue weighted by Gasteiger charge is -2.37. The molecule has 0 aromatic heterocycles. The molecule has 0 aliphatic carbocycles. The van der Waals surface area contributed by atoms with Crippen LogP contribution in [0.3, 0.4) is 0 Å². The van der Waals surface area contributed by atoms with Crippen molar-refractivity contribution < 1.29 is 19.4 Å². The Balaban J connectivity index is 1.60. The molecule has 2 aromatic rings. The Labute approximate surface area is 164 Å². The summed E-state index contributed by atoms with van der Waals surface area (Å²) >= 11 is 0. The number of ether oxygens (including phenoxy) is 2. The first kappa shape index (κ1) is 17.2. The summed E-state index contributed by atoms with van der Waals surface area (Å²) in [6.45, 7) is 2.22. The SMILES string of the molecule is COc1ccc(-c2cc3c4c(c2)[C@H]2CN(C(=O)O)CC[C@H]2N4CC3)c(OC)c1. The summed E-state index contributed by atoms with van der Waals surface area (Å²) in [4.78, 5) is 15.6. The van der Waals surface area contributed by atoms with E-state index in [4.69, 9.17) is 9.47 Å². The molecule has 1 saturated heterocycles. The second-order valence-corrected chi connectivity index (χ2v) is 7.77. The Morgan fingerprint density at radius 2 is 2.00 bits per heavy atom. The monoisotopic (exact) mass is 380 g/mol. The van der Waals surface area contributed by atoms with Crippen molar-refractivity contribution >= 4 is 11.8 Å². The summed E-state index contributed by atoms with van der Waals surface area (Å²) in [6.07, 6.45) is 1.12. The third kappa shape index (κ3) is 2.44. The summed E-state index contributed by atoms with van der Waals surface area (Å²) in [7, 11) is 3.32. The summed E-state index contributed by atoms with van der Waals surface area (Å²) in [6, 6.07) is 10.8. The van der Waals surface area contributed by atoms with Crippen molar-refractivity contribution in [3.8, 4) is 22.6 Å². The van der Waals surface area contributed by atoms with Gasteiger partial charge in [0.25, 0.3) is 0 Å². The lowest BCUT2D eigenvalue weighted by Crippen LogP contribution is -2.47. The zero-order chi connectivity index (χ0) is 19.4. The number of fused-ring (bicyclic) bond motifs is 3. The molecule has 0 spiro atoms. The van der Waals surface area contributed by atoms with Crippen molar-refractivity contribution in [2.45, 2.75) is 24.8 Å². The normalized spacial score (nSPS) is 22.1. The number of nitrogens with zero attached hydrogens (tertiary/aromatic N) is 2. The molecule has 3 aliphatic rings. The summed E-state index contributed by atoms with van der Waals surface area (Å²) in [5, 5.41) is 9.47. The summed E-state index contributed by atoms with van der Waals surface area (Å²) < 4.78 is 11.0. The molecule has 2 aromatic carbocycles. The van der Waals surface area contributed by atoms with E-state index in [1.54, 1.807) is 19.1 Å². The van der Waals surface area contributed by atoms with Crippen molar-refractivity contribution in [3.05, 3.63) is 41.5 Å². The highest BCUT2D eigenvalue weighted by Crippen LogP contribution is 2.51. The van der Waals surface area contributed by atoms with Crippen LogP contribution in [0, 0.1) is 0 Å². The van der Waals surface area contributed by atoms with Gasteiger partial charge in [-0.1, -0.05) is 0 Å². The van der Waals surface area contributed by atoms with Crippen LogP contribution < -0.4 is 14.4 Å². The Hall–Kier alpha value is -2.89. The van der Waals surface area contributed by atoms with Gasteiger partial charge in [-0.05, 0) is 53.8 Å². The smallest absolute Gasteiger partial charge is 0.407 e. The molecule has 6 nitrogen and oxygen atoms in total. The summed E-state index contributed by atoms with van der Waals surface area (Å²) in [5.74, 6) is 1.79. The Morgan fingerprint density at radius 3 is 2.75 bits per heavy atom. The number of benzene rings is 2. The topological polar surface area (TPSA) is 62.2 Å². The van der Waals surface area contributed by atoms with Gasteiger partial charge in [0, 0.05) is 48.9 Å². The van der Waals surface area contributed by atoms with Gasteiger partial charge in [0.2, 0.25) is 0 Å². The number of hydrogen-bond donors (Lipinski definition) is 1. The maximum Gasteiger partial charge on any atom is 0.407 e. The zero-order valence-corrected chi connectivity index (χ0v) is 16.1. The number of likely N-dealkylation sites (tertiary alicyclic amines) is 1. The second-order valence-electron chi connectivity index (χ2n) is 7.77. The molecular weight excluding hydrogens is 356 g/mol. The largest absolute Gasteiger partial charge is 0.497 e. The van der Waals surface area contributed by atoms with Crippen molar-refractivity contribution in [1.82, 2.24) is 4.90 Å². The van der Waals surface area contributed by atoms with E-state index < -0.39 is 6.09 Å². The second kappa shape index (κ2) is 6.33. The van der Waals surface area contributed by atoms with E-state index >= 15 is 0 Å². The molecule has 1 fully saturated rings. The lowest BCUT2D eigenvalue weighted by molar-refractivity contribution is 0.127. The van der Waals surface area contributed by atoms with Crippen LogP contribution >= 0.6 is 0 Å². The van der Waals surface area contributed by atoms with Crippen LogP contribution in [0.1, 0.15) is 23.5 Å². The Morgan fingerprint density at radius 1 is 1.14 bits per heavy atom. The van der Waals surface area contributed by atoms with Crippen molar-refractivity contribution in [2.75, 3.05) is 38.8 Å². The van der Waals surface area contributed by atoms with Crippen LogP contribution in [-0.2, 0) is 6.42 Å². The van der Waals surface area contributed by atoms with Gasteiger partial charge < -0.3 is 24.4 Å². The summed E-state index contributed by atoms with van der Waals surface area (Å²) in [5.41, 5.74) is 6.16. The maximum absolute atomic E-state index is 11.5. The van der Waals surface area contributed by atoms with E-state index in [9.17, 15) is 9.90 Å². The predicted molar refractivity (Wildman–Crippen MR) is 107 cm³/mol. The number of methoxy groups -OCH3 is 2. The fourth-order valence-electron chi connectivity index (χ4n) is 5.21. The third-order valence-corrected chi connectivity index (χ3v) is 6.49. The first-order valence-electron chi connectivity index (χ1n) is 9.74. The Kier molecular flexibility index (Phi) is 3.89. The molecule has 28 heavy (non-hydrogen) atoms. The highest BCUT2D eigenvalue weighted by atomic mass is 16.5. The molecule has 2 atom stereocenters. The van der Waals surface area contributed by atoms with Crippen LogP contribution in [0.15, 0.2) is 30.3 Å². The quantitative estimate of drug-likeness (QED) is 0.882. The van der Waals surface area contributed by atoms with E-state index in [-0.39, 0.29) is 5.92 Å². The van der Waals surface area contributed by atoms with Gasteiger partial charge in [0.15, 0.2) is 0 Å². The molecule has 3 heterocycles. The van der Waals surface area contributed by atoms with Crippen LogP contribution in [0.5, 0.6) is 11.5 Å². The van der Waals surface area contributed by atoms with Gasteiger partial charge in [-0.25, -0.2) is 4.79 Å². The zero-order valence-electron chi connectivity index (χ0n) is 16.1. The highest BCUT2D eigenvalue weighted by Gasteiger charge is 2.45. The number of hydrogen-bond acceptors (Lipinski definition) is 4. The standard InChI is InChI=1S/C22H24N2O4/c1-27-15-3-4-16(20(11-15)28-2)14-9-13-5-8-24-19-6-7-23(22(25)26)12-18(19)17(10-14)21(13)24/h3-4,9-11,18-19H,5-8,12H2,1-2H3,(H,25,26)/t18-,19-/m1/s1. The van der Waals surface area contributed by atoms with Crippen LogP contribution in [0.25, 0.3) is 11.1 Å². The van der Waals surface area contributed by atoms with Crippen LogP contribution in [0.4, 0.5) is 10.5 Å². The third-order valence-electron chi connectivity index (χ3n) is 6.49.